The van der Waals surface area contributed by atoms with Gasteiger partial charge in [0.25, 0.3) is 0 Å². The van der Waals surface area contributed by atoms with Gasteiger partial charge in [-0.25, -0.2) is 4.98 Å². The minimum absolute atomic E-state index is 0.264. The summed E-state index contributed by atoms with van der Waals surface area (Å²) in [6.07, 6.45) is 8.24. The van der Waals surface area contributed by atoms with E-state index in [9.17, 15) is 5.11 Å². The van der Waals surface area contributed by atoms with E-state index < -0.39 is 5.60 Å². The monoisotopic (exact) mass is 483 g/mol. The number of fused-ring (bicyclic) bond motifs is 3. The van der Waals surface area contributed by atoms with Crippen LogP contribution in [0.3, 0.4) is 0 Å². The van der Waals surface area contributed by atoms with Crippen molar-refractivity contribution in [3.8, 4) is 0 Å². The Balaban J connectivity index is 1.13. The van der Waals surface area contributed by atoms with Gasteiger partial charge in [0.05, 0.1) is 26.7 Å². The predicted octanol–water partition coefficient (Wildman–Crippen LogP) is 6.37. The normalized spacial score (nSPS) is 24.6. The summed E-state index contributed by atoms with van der Waals surface area (Å²) in [5.41, 5.74) is 3.96. The zero-order valence-electron chi connectivity index (χ0n) is 19.0. The predicted molar refractivity (Wildman–Crippen MR) is 137 cm³/mol. The van der Waals surface area contributed by atoms with Crippen molar-refractivity contribution in [2.75, 3.05) is 20.1 Å². The fourth-order valence-electron chi connectivity index (χ4n) is 5.63. The summed E-state index contributed by atoms with van der Waals surface area (Å²) in [7, 11) is 2.15. The number of H-pyrrole nitrogens is 1. The van der Waals surface area contributed by atoms with E-state index in [1.165, 1.54) is 17.6 Å². The van der Waals surface area contributed by atoms with Gasteiger partial charge in [0, 0.05) is 18.9 Å². The molecule has 0 amide bonds. The van der Waals surface area contributed by atoms with Gasteiger partial charge in [-0.2, -0.15) is 0 Å². The second-order valence-corrected chi connectivity index (χ2v) is 10.6. The number of hydrogen-bond donors (Lipinski definition) is 2. The van der Waals surface area contributed by atoms with Crippen molar-refractivity contribution >= 4 is 39.8 Å². The van der Waals surface area contributed by atoms with E-state index in [1.807, 2.05) is 12.1 Å². The third-order valence-electron chi connectivity index (χ3n) is 7.50. The maximum Gasteiger partial charge on any atom is 0.107 e. The maximum atomic E-state index is 11.5. The van der Waals surface area contributed by atoms with Crippen molar-refractivity contribution in [3.63, 3.8) is 0 Å². The van der Waals surface area contributed by atoms with Crippen LogP contribution in [-0.4, -0.2) is 45.7 Å². The van der Waals surface area contributed by atoms with Gasteiger partial charge < -0.3 is 15.0 Å². The lowest BCUT2D eigenvalue weighted by Gasteiger charge is -2.48. The topological polar surface area (TPSA) is 52.2 Å². The van der Waals surface area contributed by atoms with Crippen LogP contribution in [0.5, 0.6) is 0 Å². The lowest BCUT2D eigenvalue weighted by Crippen LogP contribution is -2.48. The molecule has 6 heteroatoms. The number of aryl methyl sites for hydroxylation is 1. The second kappa shape index (κ2) is 9.42. The number of hydrogen-bond acceptors (Lipinski definition) is 3. The molecule has 1 aromatic heterocycles. The van der Waals surface area contributed by atoms with Gasteiger partial charge in [0.15, 0.2) is 0 Å². The van der Waals surface area contributed by atoms with Crippen molar-refractivity contribution < 1.29 is 5.11 Å². The Bertz CT molecular complexity index is 1120. The molecule has 0 saturated heterocycles. The number of benzene rings is 2. The molecule has 1 heterocycles. The van der Waals surface area contributed by atoms with Crippen molar-refractivity contribution in [3.05, 3.63) is 70.0 Å². The van der Waals surface area contributed by atoms with Crippen LogP contribution in [0.25, 0.3) is 16.6 Å². The van der Waals surface area contributed by atoms with Gasteiger partial charge in [0.1, 0.15) is 5.82 Å². The van der Waals surface area contributed by atoms with Gasteiger partial charge in [0.2, 0.25) is 0 Å². The van der Waals surface area contributed by atoms with Gasteiger partial charge in [-0.1, -0.05) is 59.6 Å². The number of aliphatic hydroxyl groups is 1. The Morgan fingerprint density at radius 1 is 1.12 bits per heavy atom. The number of nitrogens with zero attached hydrogens (tertiary/aromatic N) is 2. The molecule has 4 nitrogen and oxygen atoms in total. The zero-order valence-corrected chi connectivity index (χ0v) is 20.5. The smallest absolute Gasteiger partial charge is 0.107 e. The lowest BCUT2D eigenvalue weighted by molar-refractivity contribution is -0.0574. The molecule has 2 aromatic carbocycles. The largest absolute Gasteiger partial charge is 0.389 e. The Morgan fingerprint density at radius 3 is 2.67 bits per heavy atom. The average Bonchev–Trinajstić information content (AvgIpc) is 3.20. The average molecular weight is 484 g/mol. The fourth-order valence-corrected chi connectivity index (χ4v) is 5.95. The summed E-state index contributed by atoms with van der Waals surface area (Å²) in [5.74, 6) is 1.70. The van der Waals surface area contributed by atoms with Crippen LogP contribution in [0.2, 0.25) is 10.0 Å². The molecule has 0 unspecified atom stereocenters. The molecular formula is C27H31Cl2N3O. The number of halogens is 2. The highest BCUT2D eigenvalue weighted by Crippen LogP contribution is 2.51. The SMILES string of the molecule is CN(CCCc1nc2cc(Cl)c(Cl)cc2[nH]1)CC[C@]1(O)C[C@H]2CC[C@@H]1C=C2c1ccccc1. The zero-order chi connectivity index (χ0) is 23.0. The van der Waals surface area contributed by atoms with Crippen molar-refractivity contribution in [2.45, 2.75) is 44.1 Å². The molecule has 3 atom stereocenters. The summed E-state index contributed by atoms with van der Waals surface area (Å²) in [6, 6.07) is 14.3. The molecule has 2 bridgehead atoms. The summed E-state index contributed by atoms with van der Waals surface area (Å²) in [5, 5.41) is 12.6. The first-order chi connectivity index (χ1) is 15.9. The van der Waals surface area contributed by atoms with Gasteiger partial charge in [-0.15, -0.1) is 0 Å². The summed E-state index contributed by atoms with van der Waals surface area (Å²) >= 11 is 12.2. The molecule has 0 radical (unpaired) electrons. The molecule has 1 saturated carbocycles. The lowest BCUT2D eigenvalue weighted by atomic mass is 9.61. The number of rotatable bonds is 8. The van der Waals surface area contributed by atoms with E-state index in [0.29, 0.717) is 16.0 Å². The van der Waals surface area contributed by atoms with E-state index in [-0.39, 0.29) is 5.92 Å². The number of imidazole rings is 1. The first kappa shape index (κ1) is 22.9. The molecule has 6 rings (SSSR count). The first-order valence-corrected chi connectivity index (χ1v) is 12.7. The summed E-state index contributed by atoms with van der Waals surface area (Å²) in [6.45, 7) is 1.87. The fraction of sp³-hybridized carbons (Fsp3) is 0.444. The number of aromatic nitrogens is 2. The van der Waals surface area contributed by atoms with Crippen LogP contribution in [-0.2, 0) is 6.42 Å². The third-order valence-corrected chi connectivity index (χ3v) is 8.22. The summed E-state index contributed by atoms with van der Waals surface area (Å²) < 4.78 is 0. The second-order valence-electron chi connectivity index (χ2n) is 9.80. The molecule has 174 valence electrons. The Kier molecular flexibility index (Phi) is 6.54. The number of aromatic amines is 1. The standard InChI is InChI=1S/C27H31Cl2N3O/c1-32(12-5-8-26-30-24-15-22(28)23(29)16-25(24)31-26)13-11-27(33)17-19-9-10-20(27)14-21(19)18-6-3-2-4-7-18/h2-4,6-7,14-16,19-20,33H,5,8-13,17H2,1H3,(H,30,31)/t19-,20-,27+/m1/s1. The van der Waals surface area contributed by atoms with E-state index >= 15 is 0 Å². The van der Waals surface area contributed by atoms with Gasteiger partial charge in [-0.05, 0) is 74.9 Å². The van der Waals surface area contributed by atoms with Gasteiger partial charge >= 0.3 is 0 Å². The molecule has 3 aromatic rings. The van der Waals surface area contributed by atoms with Gasteiger partial charge in [-0.3, -0.25) is 0 Å². The first-order valence-electron chi connectivity index (χ1n) is 11.9. The molecule has 2 N–H and O–H groups in total. The molecule has 33 heavy (non-hydrogen) atoms. The molecule has 1 fully saturated rings. The molecule has 0 spiro atoms. The Morgan fingerprint density at radius 2 is 1.91 bits per heavy atom. The van der Waals surface area contributed by atoms with Crippen molar-refractivity contribution in [1.82, 2.24) is 14.9 Å². The van der Waals surface area contributed by atoms with E-state index in [2.05, 4.69) is 58.3 Å². The van der Waals surface area contributed by atoms with E-state index in [1.54, 1.807) is 0 Å². The van der Waals surface area contributed by atoms with E-state index in [0.717, 1.165) is 62.1 Å². The number of allylic oxidation sites excluding steroid dienone is 1. The molecule has 0 aliphatic heterocycles. The molecule has 3 aliphatic rings. The number of nitrogens with one attached hydrogen (secondary N) is 1. The highest BCUT2D eigenvalue weighted by Gasteiger charge is 2.46. The quantitative estimate of drug-likeness (QED) is 0.391. The highest BCUT2D eigenvalue weighted by atomic mass is 35.5. The van der Waals surface area contributed by atoms with Crippen LogP contribution >= 0.6 is 23.2 Å². The minimum atomic E-state index is -0.577. The van der Waals surface area contributed by atoms with Crippen molar-refractivity contribution in [1.29, 1.82) is 0 Å². The Hall–Kier alpha value is -1.85. The van der Waals surface area contributed by atoms with Crippen LogP contribution in [0.1, 0.15) is 43.5 Å². The van der Waals surface area contributed by atoms with E-state index in [4.69, 9.17) is 23.2 Å². The highest BCUT2D eigenvalue weighted by molar-refractivity contribution is 6.42. The Labute approximate surface area is 205 Å². The minimum Gasteiger partial charge on any atom is -0.389 e. The molecular weight excluding hydrogens is 453 g/mol. The summed E-state index contributed by atoms with van der Waals surface area (Å²) in [4.78, 5) is 10.3. The van der Waals surface area contributed by atoms with Crippen LogP contribution < -0.4 is 0 Å². The van der Waals surface area contributed by atoms with Crippen molar-refractivity contribution in [2.24, 2.45) is 11.8 Å². The van der Waals surface area contributed by atoms with Crippen LogP contribution in [0.4, 0.5) is 0 Å². The van der Waals surface area contributed by atoms with Crippen LogP contribution in [0, 0.1) is 11.8 Å². The molecule has 3 aliphatic carbocycles. The third kappa shape index (κ3) is 4.85. The van der Waals surface area contributed by atoms with Crippen LogP contribution in [0.15, 0.2) is 48.5 Å². The maximum absolute atomic E-state index is 11.5.